The summed E-state index contributed by atoms with van der Waals surface area (Å²) in [5, 5.41) is 10.9. The fourth-order valence-corrected chi connectivity index (χ4v) is 2.45. The molecule has 1 saturated heterocycles. The number of nitro benzene ring substituents is 1. The van der Waals surface area contributed by atoms with Gasteiger partial charge in [-0.3, -0.25) is 15.0 Å². The van der Waals surface area contributed by atoms with Gasteiger partial charge in [0.15, 0.2) is 0 Å². The normalized spacial score (nSPS) is 20.2. The Morgan fingerprint density at radius 3 is 3.00 bits per heavy atom. The SMILES string of the molecule is NCC1CCCN1Cc1cc(F)ccc1[N+](=O)[O-]. The monoisotopic (exact) mass is 253 g/mol. The van der Waals surface area contributed by atoms with Crippen LogP contribution < -0.4 is 5.73 Å². The molecule has 0 aromatic heterocycles. The number of rotatable bonds is 4. The second-order valence-electron chi connectivity index (χ2n) is 4.53. The van der Waals surface area contributed by atoms with Crippen LogP contribution >= 0.6 is 0 Å². The summed E-state index contributed by atoms with van der Waals surface area (Å²) in [5.41, 5.74) is 6.04. The first-order valence-corrected chi connectivity index (χ1v) is 5.98. The van der Waals surface area contributed by atoms with Gasteiger partial charge in [0.05, 0.1) is 4.92 Å². The lowest BCUT2D eigenvalue weighted by molar-refractivity contribution is -0.385. The van der Waals surface area contributed by atoms with Crippen LogP contribution in [0.4, 0.5) is 10.1 Å². The van der Waals surface area contributed by atoms with E-state index in [0.717, 1.165) is 25.5 Å². The minimum absolute atomic E-state index is 0.0286. The number of hydrogen-bond donors (Lipinski definition) is 1. The van der Waals surface area contributed by atoms with E-state index in [1.165, 1.54) is 12.1 Å². The Kier molecular flexibility index (Phi) is 3.88. The quantitative estimate of drug-likeness (QED) is 0.654. The van der Waals surface area contributed by atoms with E-state index in [1.807, 2.05) is 0 Å². The molecule has 2 N–H and O–H groups in total. The number of nitrogens with zero attached hydrogens (tertiary/aromatic N) is 2. The molecule has 0 radical (unpaired) electrons. The largest absolute Gasteiger partial charge is 0.329 e. The second kappa shape index (κ2) is 5.41. The maximum Gasteiger partial charge on any atom is 0.274 e. The van der Waals surface area contributed by atoms with Crippen LogP contribution in [-0.4, -0.2) is 29.0 Å². The molecule has 1 heterocycles. The van der Waals surface area contributed by atoms with Crippen molar-refractivity contribution in [3.05, 3.63) is 39.7 Å². The number of likely N-dealkylation sites (tertiary alicyclic amines) is 1. The van der Waals surface area contributed by atoms with Gasteiger partial charge in [0.25, 0.3) is 5.69 Å². The summed E-state index contributed by atoms with van der Waals surface area (Å²) in [4.78, 5) is 12.5. The maximum absolute atomic E-state index is 13.2. The molecule has 0 aliphatic carbocycles. The van der Waals surface area contributed by atoms with Crippen molar-refractivity contribution in [3.63, 3.8) is 0 Å². The first-order valence-electron chi connectivity index (χ1n) is 5.98. The maximum atomic E-state index is 13.2. The minimum Gasteiger partial charge on any atom is -0.329 e. The third-order valence-electron chi connectivity index (χ3n) is 3.38. The van der Waals surface area contributed by atoms with Crippen LogP contribution in [0.3, 0.4) is 0 Å². The predicted molar refractivity (Wildman–Crippen MR) is 65.5 cm³/mol. The fraction of sp³-hybridized carbons (Fsp3) is 0.500. The summed E-state index contributed by atoms with van der Waals surface area (Å²) in [5.74, 6) is -0.445. The topological polar surface area (TPSA) is 72.4 Å². The van der Waals surface area contributed by atoms with Crippen LogP contribution in [0.25, 0.3) is 0 Å². The van der Waals surface area contributed by atoms with Crippen molar-refractivity contribution < 1.29 is 9.31 Å². The average Bonchev–Trinajstić information content (AvgIpc) is 2.76. The van der Waals surface area contributed by atoms with Crippen LogP contribution in [0.1, 0.15) is 18.4 Å². The molecule has 1 unspecified atom stereocenters. The van der Waals surface area contributed by atoms with Gasteiger partial charge < -0.3 is 5.73 Å². The van der Waals surface area contributed by atoms with E-state index < -0.39 is 10.7 Å². The van der Waals surface area contributed by atoms with Crippen molar-refractivity contribution in [2.24, 2.45) is 5.73 Å². The number of benzene rings is 1. The van der Waals surface area contributed by atoms with Gasteiger partial charge in [-0.2, -0.15) is 0 Å². The lowest BCUT2D eigenvalue weighted by atomic mass is 10.1. The molecule has 1 aliphatic rings. The highest BCUT2D eigenvalue weighted by molar-refractivity contribution is 5.40. The van der Waals surface area contributed by atoms with Gasteiger partial charge in [-0.15, -0.1) is 0 Å². The highest BCUT2D eigenvalue weighted by Crippen LogP contribution is 2.25. The van der Waals surface area contributed by atoms with Crippen molar-refractivity contribution in [2.75, 3.05) is 13.1 Å². The standard InChI is InChI=1S/C12H16FN3O2/c13-10-3-4-12(16(17)18)9(6-10)8-15-5-1-2-11(15)7-14/h3-4,6,11H,1-2,5,7-8,14H2. The molecule has 18 heavy (non-hydrogen) atoms. The molecule has 1 aromatic carbocycles. The highest BCUT2D eigenvalue weighted by atomic mass is 19.1. The Bertz CT molecular complexity index is 453. The van der Waals surface area contributed by atoms with Crippen molar-refractivity contribution >= 4 is 5.69 Å². The third kappa shape index (κ3) is 2.65. The Hall–Kier alpha value is -1.53. The summed E-state index contributed by atoms with van der Waals surface area (Å²) in [6, 6.07) is 3.82. The van der Waals surface area contributed by atoms with Crippen molar-refractivity contribution in [3.8, 4) is 0 Å². The number of halogens is 1. The van der Waals surface area contributed by atoms with Crippen molar-refractivity contribution in [1.29, 1.82) is 0 Å². The van der Waals surface area contributed by atoms with Gasteiger partial charge in [-0.1, -0.05) is 0 Å². The van der Waals surface area contributed by atoms with Gasteiger partial charge in [-0.25, -0.2) is 4.39 Å². The molecular formula is C12H16FN3O2. The lowest BCUT2D eigenvalue weighted by Gasteiger charge is -2.22. The van der Waals surface area contributed by atoms with Crippen LogP contribution in [0.15, 0.2) is 18.2 Å². The van der Waals surface area contributed by atoms with E-state index in [4.69, 9.17) is 5.73 Å². The number of nitrogens with two attached hydrogens (primary N) is 1. The first kappa shape index (κ1) is 12.9. The zero-order chi connectivity index (χ0) is 13.1. The predicted octanol–water partition coefficient (Wildman–Crippen LogP) is 1.66. The molecule has 1 aliphatic heterocycles. The highest BCUT2D eigenvalue weighted by Gasteiger charge is 2.25. The van der Waals surface area contributed by atoms with Crippen LogP contribution in [0.2, 0.25) is 0 Å². The van der Waals surface area contributed by atoms with Crippen molar-refractivity contribution in [1.82, 2.24) is 4.90 Å². The fourth-order valence-electron chi connectivity index (χ4n) is 2.45. The molecule has 0 amide bonds. The van der Waals surface area contributed by atoms with Crippen LogP contribution in [0.5, 0.6) is 0 Å². The Labute approximate surface area is 105 Å². The summed E-state index contributed by atoms with van der Waals surface area (Å²) in [7, 11) is 0. The summed E-state index contributed by atoms with van der Waals surface area (Å²) >= 11 is 0. The number of hydrogen-bond acceptors (Lipinski definition) is 4. The smallest absolute Gasteiger partial charge is 0.274 e. The van der Waals surface area contributed by atoms with Gasteiger partial charge in [0, 0.05) is 30.8 Å². The van der Waals surface area contributed by atoms with Gasteiger partial charge in [0.1, 0.15) is 5.82 Å². The molecular weight excluding hydrogens is 237 g/mol. The van der Waals surface area contributed by atoms with Gasteiger partial charge in [0.2, 0.25) is 0 Å². The van der Waals surface area contributed by atoms with Gasteiger partial charge in [-0.05, 0) is 31.5 Å². The molecule has 1 aromatic rings. The Balaban J connectivity index is 2.22. The molecule has 2 rings (SSSR count). The van der Waals surface area contributed by atoms with Crippen LogP contribution in [0, 0.1) is 15.9 Å². The van der Waals surface area contributed by atoms with E-state index in [2.05, 4.69) is 4.90 Å². The lowest BCUT2D eigenvalue weighted by Crippen LogP contribution is -2.35. The first-order chi connectivity index (χ1) is 8.61. The zero-order valence-corrected chi connectivity index (χ0v) is 10.0. The Morgan fingerprint density at radius 2 is 2.33 bits per heavy atom. The van der Waals surface area contributed by atoms with Crippen molar-refractivity contribution in [2.45, 2.75) is 25.4 Å². The van der Waals surface area contributed by atoms with E-state index in [0.29, 0.717) is 18.7 Å². The molecule has 0 saturated carbocycles. The summed E-state index contributed by atoms with van der Waals surface area (Å²) in [6.45, 7) is 1.77. The molecule has 0 spiro atoms. The van der Waals surface area contributed by atoms with E-state index >= 15 is 0 Å². The zero-order valence-electron chi connectivity index (χ0n) is 10.0. The molecule has 1 fully saturated rings. The number of nitro groups is 1. The second-order valence-corrected chi connectivity index (χ2v) is 4.53. The molecule has 6 heteroatoms. The molecule has 1 atom stereocenters. The summed E-state index contributed by atoms with van der Waals surface area (Å²) < 4.78 is 13.2. The Morgan fingerprint density at radius 1 is 1.56 bits per heavy atom. The van der Waals surface area contributed by atoms with E-state index in [-0.39, 0.29) is 11.7 Å². The molecule has 0 bridgehead atoms. The summed E-state index contributed by atoms with van der Waals surface area (Å²) in [6.07, 6.45) is 2.03. The minimum atomic E-state index is -0.470. The third-order valence-corrected chi connectivity index (χ3v) is 3.38. The average molecular weight is 253 g/mol. The van der Waals surface area contributed by atoms with E-state index in [9.17, 15) is 14.5 Å². The van der Waals surface area contributed by atoms with E-state index in [1.54, 1.807) is 0 Å². The molecule has 5 nitrogen and oxygen atoms in total. The van der Waals surface area contributed by atoms with Crippen LogP contribution in [-0.2, 0) is 6.54 Å². The van der Waals surface area contributed by atoms with Gasteiger partial charge >= 0.3 is 0 Å². The molecule has 98 valence electrons.